The fourth-order valence-corrected chi connectivity index (χ4v) is 6.69. The maximum Gasteiger partial charge on any atom is 0.246 e. The van der Waals surface area contributed by atoms with E-state index in [1.54, 1.807) is 29.9 Å². The molecule has 0 bridgehead atoms. The maximum absolute atomic E-state index is 13.0. The number of nitriles is 1. The normalized spacial score (nSPS) is 16.0. The number of rotatable bonds is 7. The number of hydrogen-bond donors (Lipinski definition) is 1. The zero-order valence-electron chi connectivity index (χ0n) is 23.8. The molecule has 1 N–H and O–H groups in total. The van der Waals surface area contributed by atoms with Gasteiger partial charge >= 0.3 is 0 Å². The van der Waals surface area contributed by atoms with Gasteiger partial charge < -0.3 is 15.0 Å². The summed E-state index contributed by atoms with van der Waals surface area (Å²) in [6.45, 7) is 7.75. The van der Waals surface area contributed by atoms with Crippen molar-refractivity contribution in [2.75, 3.05) is 31.5 Å². The molecule has 10 heteroatoms. The van der Waals surface area contributed by atoms with Crippen molar-refractivity contribution in [1.82, 2.24) is 24.8 Å². The van der Waals surface area contributed by atoms with Crippen LogP contribution in [0.2, 0.25) is 0 Å². The van der Waals surface area contributed by atoms with E-state index in [0.29, 0.717) is 18.8 Å². The Kier molecular flexibility index (Phi) is 8.13. The number of pyridine rings is 1. The lowest BCUT2D eigenvalue weighted by Crippen LogP contribution is -2.35. The number of aryl methyl sites for hydroxylation is 2. The zero-order chi connectivity index (χ0) is 29.1. The number of anilines is 2. The van der Waals surface area contributed by atoms with Crippen LogP contribution in [-0.2, 0) is 17.8 Å². The molecule has 0 atom stereocenters. The van der Waals surface area contributed by atoms with Gasteiger partial charge in [-0.1, -0.05) is 6.08 Å². The van der Waals surface area contributed by atoms with Gasteiger partial charge in [0.1, 0.15) is 28.5 Å². The molecule has 0 radical (unpaired) electrons. The summed E-state index contributed by atoms with van der Waals surface area (Å²) in [5.74, 6) is 2.45. The Morgan fingerprint density at radius 1 is 1.17 bits per heavy atom. The molecule has 1 fully saturated rings. The summed E-state index contributed by atoms with van der Waals surface area (Å²) in [5, 5.41) is 13.6. The number of benzene rings is 1. The molecule has 0 unspecified atom stereocenters. The highest BCUT2D eigenvalue weighted by Crippen LogP contribution is 2.38. The standard InChI is InChI=1S/C32H33N7O2S/c1-21-16-24(6-8-27(21)41-25-7-5-22(2)34-18-25)37-31-30-26-11-15-39(19-28(26)42-32(30)36-20-35-31)29(40)4-3-12-38-13-9-23(17-33)10-14-38/h3-8,16,18,20,23H,9-15,19H2,1-2H3,(H,35,36,37)/b4-3+. The predicted molar refractivity (Wildman–Crippen MR) is 164 cm³/mol. The SMILES string of the molecule is Cc1ccc(Oc2ccc(Nc3ncnc4sc5c(c34)CCN(C(=O)/C=C/CN3CCC(C#N)CC3)C5)cc2C)cn1. The number of thiophene rings is 1. The minimum Gasteiger partial charge on any atom is -0.455 e. The van der Waals surface area contributed by atoms with E-state index in [-0.39, 0.29) is 11.8 Å². The van der Waals surface area contributed by atoms with Crippen LogP contribution in [0.5, 0.6) is 11.5 Å². The minimum atomic E-state index is 0.0358. The van der Waals surface area contributed by atoms with Gasteiger partial charge in [-0.05, 0) is 87.7 Å². The molecule has 4 aromatic rings. The number of fused-ring (bicyclic) bond motifs is 3. The second-order valence-electron chi connectivity index (χ2n) is 10.9. The van der Waals surface area contributed by atoms with Crippen molar-refractivity contribution >= 4 is 39.0 Å². The van der Waals surface area contributed by atoms with Crippen LogP contribution in [0.3, 0.4) is 0 Å². The summed E-state index contributed by atoms with van der Waals surface area (Å²) in [7, 11) is 0. The number of carbonyl (C=O) groups is 1. The molecule has 3 aromatic heterocycles. The molecular weight excluding hydrogens is 546 g/mol. The molecular formula is C32H33N7O2S. The first-order valence-electron chi connectivity index (χ1n) is 14.3. The molecule has 5 heterocycles. The van der Waals surface area contributed by atoms with Crippen LogP contribution >= 0.6 is 11.3 Å². The Balaban J connectivity index is 1.12. The van der Waals surface area contributed by atoms with Gasteiger partial charge in [0.15, 0.2) is 0 Å². The topological polar surface area (TPSA) is 107 Å². The van der Waals surface area contributed by atoms with Crippen LogP contribution in [0.15, 0.2) is 55.0 Å². The molecule has 0 spiro atoms. The smallest absolute Gasteiger partial charge is 0.246 e. The van der Waals surface area contributed by atoms with Gasteiger partial charge in [-0.15, -0.1) is 11.3 Å². The van der Waals surface area contributed by atoms with Gasteiger partial charge in [-0.25, -0.2) is 9.97 Å². The lowest BCUT2D eigenvalue weighted by atomic mass is 9.99. The molecule has 42 heavy (non-hydrogen) atoms. The number of ether oxygens (including phenoxy) is 1. The fourth-order valence-electron chi connectivity index (χ4n) is 5.48. The second-order valence-corrected chi connectivity index (χ2v) is 11.9. The predicted octanol–water partition coefficient (Wildman–Crippen LogP) is 5.92. The molecule has 1 saturated heterocycles. The number of hydrogen-bond acceptors (Lipinski definition) is 9. The van der Waals surface area contributed by atoms with E-state index in [4.69, 9.17) is 10.00 Å². The summed E-state index contributed by atoms with van der Waals surface area (Å²) in [6, 6.07) is 12.2. The number of aromatic nitrogens is 3. The number of likely N-dealkylation sites (tertiary alicyclic amines) is 1. The van der Waals surface area contributed by atoms with Gasteiger partial charge in [0, 0.05) is 41.3 Å². The Labute approximate surface area is 249 Å². The monoisotopic (exact) mass is 579 g/mol. The van der Waals surface area contributed by atoms with Crippen molar-refractivity contribution in [2.24, 2.45) is 5.92 Å². The van der Waals surface area contributed by atoms with Crippen molar-refractivity contribution in [1.29, 1.82) is 5.26 Å². The van der Waals surface area contributed by atoms with E-state index in [0.717, 1.165) is 82.5 Å². The molecule has 2 aliphatic heterocycles. The summed E-state index contributed by atoms with van der Waals surface area (Å²) < 4.78 is 6.03. The second kappa shape index (κ2) is 12.3. The Hall–Kier alpha value is -4.33. The van der Waals surface area contributed by atoms with E-state index in [1.165, 1.54) is 5.56 Å². The summed E-state index contributed by atoms with van der Waals surface area (Å²) in [5.41, 5.74) is 4.07. The third-order valence-electron chi connectivity index (χ3n) is 7.89. The Morgan fingerprint density at radius 2 is 2.02 bits per heavy atom. The van der Waals surface area contributed by atoms with Crippen molar-refractivity contribution in [3.63, 3.8) is 0 Å². The van der Waals surface area contributed by atoms with Gasteiger partial charge in [-0.2, -0.15) is 5.26 Å². The number of piperidine rings is 1. The molecule has 214 valence electrons. The van der Waals surface area contributed by atoms with E-state index >= 15 is 0 Å². The van der Waals surface area contributed by atoms with Crippen molar-refractivity contribution in [3.05, 3.63) is 76.7 Å². The molecule has 1 amide bonds. The van der Waals surface area contributed by atoms with Gasteiger partial charge in [0.2, 0.25) is 5.91 Å². The van der Waals surface area contributed by atoms with E-state index < -0.39 is 0 Å². The zero-order valence-corrected chi connectivity index (χ0v) is 24.7. The third kappa shape index (κ3) is 6.12. The van der Waals surface area contributed by atoms with Crippen LogP contribution in [0.1, 0.15) is 34.5 Å². The molecule has 0 aliphatic carbocycles. The summed E-state index contributed by atoms with van der Waals surface area (Å²) >= 11 is 1.63. The summed E-state index contributed by atoms with van der Waals surface area (Å²) in [6.07, 6.45) is 9.55. The van der Waals surface area contributed by atoms with Crippen LogP contribution in [-0.4, -0.2) is 56.8 Å². The van der Waals surface area contributed by atoms with Crippen molar-refractivity contribution in [3.8, 4) is 17.6 Å². The van der Waals surface area contributed by atoms with E-state index in [2.05, 4.69) is 31.2 Å². The van der Waals surface area contributed by atoms with Gasteiger partial charge in [0.25, 0.3) is 0 Å². The van der Waals surface area contributed by atoms with Gasteiger partial charge in [0.05, 0.1) is 24.2 Å². The quantitative estimate of drug-likeness (QED) is 0.269. The number of nitrogens with one attached hydrogen (secondary N) is 1. The maximum atomic E-state index is 13.0. The van der Waals surface area contributed by atoms with Crippen molar-refractivity contribution < 1.29 is 9.53 Å². The largest absolute Gasteiger partial charge is 0.455 e. The first-order valence-corrected chi connectivity index (χ1v) is 15.1. The first kappa shape index (κ1) is 27.8. The number of carbonyl (C=O) groups excluding carboxylic acids is 1. The Morgan fingerprint density at radius 3 is 2.79 bits per heavy atom. The average Bonchev–Trinajstić information content (AvgIpc) is 3.39. The lowest BCUT2D eigenvalue weighted by Gasteiger charge is -2.28. The molecule has 2 aliphatic rings. The lowest BCUT2D eigenvalue weighted by molar-refractivity contribution is -0.126. The minimum absolute atomic E-state index is 0.0358. The molecule has 1 aromatic carbocycles. The molecule has 9 nitrogen and oxygen atoms in total. The Bertz CT molecular complexity index is 1670. The van der Waals surface area contributed by atoms with E-state index in [9.17, 15) is 4.79 Å². The van der Waals surface area contributed by atoms with Crippen LogP contribution in [0.25, 0.3) is 10.2 Å². The highest BCUT2D eigenvalue weighted by atomic mass is 32.1. The summed E-state index contributed by atoms with van der Waals surface area (Å²) in [4.78, 5) is 32.7. The average molecular weight is 580 g/mol. The van der Waals surface area contributed by atoms with E-state index in [1.807, 2.05) is 55.2 Å². The third-order valence-corrected chi connectivity index (χ3v) is 9.02. The number of amides is 1. The van der Waals surface area contributed by atoms with Crippen LogP contribution < -0.4 is 10.1 Å². The number of nitrogens with zero attached hydrogens (tertiary/aromatic N) is 6. The fraction of sp³-hybridized carbons (Fsp3) is 0.344. The highest BCUT2D eigenvalue weighted by molar-refractivity contribution is 7.19. The van der Waals surface area contributed by atoms with Crippen LogP contribution in [0.4, 0.5) is 11.5 Å². The first-order chi connectivity index (χ1) is 20.5. The van der Waals surface area contributed by atoms with Crippen LogP contribution in [0, 0.1) is 31.1 Å². The molecule has 6 rings (SSSR count). The molecule has 0 saturated carbocycles. The highest BCUT2D eigenvalue weighted by Gasteiger charge is 2.26. The van der Waals surface area contributed by atoms with Gasteiger partial charge in [-0.3, -0.25) is 14.7 Å². The van der Waals surface area contributed by atoms with Crippen molar-refractivity contribution in [2.45, 2.75) is 39.7 Å².